The molecule has 3 rings (SSSR count). The number of carbonyl (C=O) groups excluding carboxylic acids is 1. The Kier molecular flexibility index (Phi) is 4.62. The number of ether oxygens (including phenoxy) is 2. The van der Waals surface area contributed by atoms with Crippen LogP contribution in [-0.4, -0.2) is 20.0 Å². The van der Waals surface area contributed by atoms with Gasteiger partial charge in [-0.3, -0.25) is 4.79 Å². The largest absolute Gasteiger partial charge is 0.497 e. The second kappa shape index (κ2) is 6.84. The van der Waals surface area contributed by atoms with Crippen LogP contribution in [0.25, 0.3) is 10.4 Å². The number of thiophene rings is 1. The summed E-state index contributed by atoms with van der Waals surface area (Å²) in [5, 5.41) is 0. The van der Waals surface area contributed by atoms with Crippen molar-refractivity contribution in [1.29, 1.82) is 0 Å². The van der Waals surface area contributed by atoms with Gasteiger partial charge in [-0.25, -0.2) is 4.39 Å². The highest BCUT2D eigenvalue weighted by Gasteiger charge is 2.14. The zero-order chi connectivity index (χ0) is 17.1. The first-order valence-corrected chi connectivity index (χ1v) is 8.06. The molecule has 0 radical (unpaired) electrons. The molecular weight excluding hydrogens is 327 g/mol. The van der Waals surface area contributed by atoms with Crippen LogP contribution in [0.2, 0.25) is 0 Å². The molecule has 1 aromatic heterocycles. The Morgan fingerprint density at radius 2 is 1.83 bits per heavy atom. The molecule has 0 amide bonds. The maximum atomic E-state index is 13.8. The fraction of sp³-hybridized carbons (Fsp3) is 0.105. The lowest BCUT2D eigenvalue weighted by molar-refractivity contribution is 0.104. The molecule has 0 aliphatic carbocycles. The van der Waals surface area contributed by atoms with Crippen molar-refractivity contribution in [3.63, 3.8) is 0 Å². The molecule has 1 heterocycles. The van der Waals surface area contributed by atoms with Gasteiger partial charge in [0.25, 0.3) is 0 Å². The van der Waals surface area contributed by atoms with Crippen LogP contribution in [0, 0.1) is 5.82 Å². The van der Waals surface area contributed by atoms with E-state index < -0.39 is 5.82 Å². The molecule has 0 fully saturated rings. The topological polar surface area (TPSA) is 35.5 Å². The van der Waals surface area contributed by atoms with Gasteiger partial charge in [-0.1, -0.05) is 12.1 Å². The number of halogens is 1. The zero-order valence-corrected chi connectivity index (χ0v) is 14.0. The number of hydrogen-bond acceptors (Lipinski definition) is 4. The van der Waals surface area contributed by atoms with Gasteiger partial charge in [-0.05, 0) is 48.0 Å². The van der Waals surface area contributed by atoms with E-state index >= 15 is 0 Å². The highest BCUT2D eigenvalue weighted by molar-refractivity contribution is 7.17. The van der Waals surface area contributed by atoms with Crippen molar-refractivity contribution >= 4 is 17.1 Å². The molecular formula is C19H15FO3S. The van der Waals surface area contributed by atoms with E-state index in [0.717, 1.165) is 4.88 Å². The van der Waals surface area contributed by atoms with Crippen LogP contribution < -0.4 is 9.47 Å². The normalized spacial score (nSPS) is 10.5. The summed E-state index contributed by atoms with van der Waals surface area (Å²) < 4.78 is 23.9. The molecule has 3 nitrogen and oxygen atoms in total. The summed E-state index contributed by atoms with van der Waals surface area (Å²) >= 11 is 1.33. The third-order valence-corrected chi connectivity index (χ3v) is 4.73. The minimum absolute atomic E-state index is 0.0841. The van der Waals surface area contributed by atoms with Gasteiger partial charge in [0, 0.05) is 10.4 Å². The van der Waals surface area contributed by atoms with E-state index in [4.69, 9.17) is 9.47 Å². The van der Waals surface area contributed by atoms with Crippen LogP contribution >= 0.6 is 11.3 Å². The van der Waals surface area contributed by atoms with E-state index in [1.165, 1.54) is 24.5 Å². The van der Waals surface area contributed by atoms with Crippen LogP contribution in [0.4, 0.5) is 4.39 Å². The molecule has 122 valence electrons. The minimum atomic E-state index is -0.427. The van der Waals surface area contributed by atoms with Gasteiger partial charge in [0.05, 0.1) is 19.1 Å². The first-order valence-electron chi connectivity index (χ1n) is 7.25. The Balaban J connectivity index is 1.90. The lowest BCUT2D eigenvalue weighted by atomic mass is 10.1. The van der Waals surface area contributed by atoms with Gasteiger partial charge < -0.3 is 9.47 Å². The molecule has 0 unspecified atom stereocenters. The van der Waals surface area contributed by atoms with Crippen molar-refractivity contribution in [2.24, 2.45) is 0 Å². The highest BCUT2D eigenvalue weighted by Crippen LogP contribution is 2.32. The second-order valence-corrected chi connectivity index (χ2v) is 6.16. The van der Waals surface area contributed by atoms with Gasteiger partial charge in [-0.15, -0.1) is 11.3 Å². The lowest BCUT2D eigenvalue weighted by Gasteiger charge is -2.04. The number of hydrogen-bond donors (Lipinski definition) is 0. The summed E-state index contributed by atoms with van der Waals surface area (Å²) in [6.07, 6.45) is 0. The smallest absolute Gasteiger partial charge is 0.203 e. The Morgan fingerprint density at radius 1 is 1.00 bits per heavy atom. The number of ketones is 1. The molecule has 5 heteroatoms. The molecule has 0 saturated carbocycles. The standard InChI is InChI=1S/C19H15FO3S/c1-22-14-5-3-4-13(10-14)19(21)18-9-8-17(24-18)12-6-7-16(23-2)15(20)11-12/h3-11H,1-2H3. The molecule has 0 spiro atoms. The first-order chi connectivity index (χ1) is 11.6. The predicted molar refractivity (Wildman–Crippen MR) is 92.7 cm³/mol. The van der Waals surface area contributed by atoms with E-state index in [1.54, 1.807) is 49.6 Å². The summed E-state index contributed by atoms with van der Waals surface area (Å²) in [4.78, 5) is 14.0. The van der Waals surface area contributed by atoms with Gasteiger partial charge >= 0.3 is 0 Å². The van der Waals surface area contributed by atoms with Crippen molar-refractivity contribution in [3.05, 3.63) is 70.9 Å². The highest BCUT2D eigenvalue weighted by atomic mass is 32.1. The number of methoxy groups -OCH3 is 2. The van der Waals surface area contributed by atoms with Gasteiger partial charge in [-0.2, -0.15) is 0 Å². The van der Waals surface area contributed by atoms with Gasteiger partial charge in [0.1, 0.15) is 5.75 Å². The van der Waals surface area contributed by atoms with Crippen LogP contribution in [0.15, 0.2) is 54.6 Å². The third kappa shape index (κ3) is 3.16. The van der Waals surface area contributed by atoms with E-state index in [1.807, 2.05) is 6.07 Å². The molecule has 0 aliphatic rings. The molecule has 2 aromatic carbocycles. The average molecular weight is 342 g/mol. The number of benzene rings is 2. The van der Waals surface area contributed by atoms with Crippen molar-refractivity contribution in [1.82, 2.24) is 0 Å². The zero-order valence-electron chi connectivity index (χ0n) is 13.2. The third-order valence-electron chi connectivity index (χ3n) is 3.60. The maximum absolute atomic E-state index is 13.8. The fourth-order valence-electron chi connectivity index (χ4n) is 2.34. The van der Waals surface area contributed by atoms with E-state index in [9.17, 15) is 9.18 Å². The van der Waals surface area contributed by atoms with Crippen molar-refractivity contribution in [2.75, 3.05) is 14.2 Å². The van der Waals surface area contributed by atoms with E-state index in [0.29, 0.717) is 21.8 Å². The summed E-state index contributed by atoms with van der Waals surface area (Å²) in [6.45, 7) is 0. The monoisotopic (exact) mass is 342 g/mol. The first kappa shape index (κ1) is 16.2. The van der Waals surface area contributed by atoms with Crippen molar-refractivity contribution in [2.45, 2.75) is 0 Å². The van der Waals surface area contributed by atoms with E-state index in [-0.39, 0.29) is 11.5 Å². The van der Waals surface area contributed by atoms with Crippen LogP contribution in [0.1, 0.15) is 15.2 Å². The molecule has 24 heavy (non-hydrogen) atoms. The molecule has 0 bridgehead atoms. The fourth-order valence-corrected chi connectivity index (χ4v) is 3.31. The van der Waals surface area contributed by atoms with Crippen molar-refractivity contribution in [3.8, 4) is 21.9 Å². The minimum Gasteiger partial charge on any atom is -0.497 e. The molecule has 0 N–H and O–H groups in total. The average Bonchev–Trinajstić information content (AvgIpc) is 3.11. The van der Waals surface area contributed by atoms with Gasteiger partial charge in [0.15, 0.2) is 11.6 Å². The SMILES string of the molecule is COc1cccc(C(=O)c2ccc(-c3ccc(OC)c(F)c3)s2)c1. The van der Waals surface area contributed by atoms with Crippen LogP contribution in [0.3, 0.4) is 0 Å². The summed E-state index contributed by atoms with van der Waals surface area (Å²) in [7, 11) is 2.99. The molecule has 3 aromatic rings. The summed E-state index contributed by atoms with van der Waals surface area (Å²) in [5.41, 5.74) is 1.27. The molecule has 0 saturated heterocycles. The van der Waals surface area contributed by atoms with Crippen molar-refractivity contribution < 1.29 is 18.7 Å². The Bertz CT molecular complexity index is 886. The van der Waals surface area contributed by atoms with E-state index in [2.05, 4.69) is 0 Å². The number of carbonyl (C=O) groups is 1. The maximum Gasteiger partial charge on any atom is 0.203 e. The Hall–Kier alpha value is -2.66. The summed E-state index contributed by atoms with van der Waals surface area (Å²) in [6, 6.07) is 15.3. The summed E-state index contributed by atoms with van der Waals surface area (Å²) in [5.74, 6) is 0.320. The second-order valence-electron chi connectivity index (χ2n) is 5.07. The lowest BCUT2D eigenvalue weighted by Crippen LogP contribution is -1.98. The Morgan fingerprint density at radius 3 is 2.54 bits per heavy atom. The number of rotatable bonds is 5. The van der Waals surface area contributed by atoms with Gasteiger partial charge in [0.2, 0.25) is 5.78 Å². The predicted octanol–water partition coefficient (Wildman–Crippen LogP) is 4.80. The molecule has 0 aliphatic heterocycles. The van der Waals surface area contributed by atoms with Crippen LogP contribution in [0.5, 0.6) is 11.5 Å². The Labute approximate surface area is 143 Å². The van der Waals surface area contributed by atoms with Crippen LogP contribution in [-0.2, 0) is 0 Å². The quantitative estimate of drug-likeness (QED) is 0.625. The molecule has 0 atom stereocenters.